The lowest BCUT2D eigenvalue weighted by molar-refractivity contribution is -0.127. The van der Waals surface area contributed by atoms with Crippen LogP contribution in [0.25, 0.3) is 0 Å². The lowest BCUT2D eigenvalue weighted by Crippen LogP contribution is -2.31. The summed E-state index contributed by atoms with van der Waals surface area (Å²) >= 11 is 0. The van der Waals surface area contributed by atoms with Gasteiger partial charge >= 0.3 is 0 Å². The number of pyridine rings is 1. The molecule has 1 aliphatic rings. The first-order valence-corrected chi connectivity index (χ1v) is 8.12. The first-order valence-electron chi connectivity index (χ1n) is 8.12. The van der Waals surface area contributed by atoms with Crippen LogP contribution in [0.15, 0.2) is 18.3 Å². The number of halogens is 1. The first kappa shape index (κ1) is 20.2. The number of anilines is 1. The maximum atomic E-state index is 11.9. The highest BCUT2D eigenvalue weighted by atomic mass is 35.5. The minimum atomic E-state index is -0.0588. The maximum Gasteiger partial charge on any atom is 0.254 e. The quantitative estimate of drug-likeness (QED) is 0.880. The fourth-order valence-electron chi connectivity index (χ4n) is 3.01. The summed E-state index contributed by atoms with van der Waals surface area (Å²) < 4.78 is 0. The number of hydrogen-bond donors (Lipinski definition) is 1. The number of hydrogen-bond acceptors (Lipinski definition) is 4. The Morgan fingerprint density at radius 1 is 1.33 bits per heavy atom. The molecule has 1 aliphatic heterocycles. The molecular weight excluding hydrogens is 328 g/mol. The normalized spacial score (nSPS) is 19.6. The molecule has 6 nitrogen and oxygen atoms in total. The fraction of sp³-hybridized carbons (Fsp3) is 0.588. The van der Waals surface area contributed by atoms with Crippen LogP contribution < -0.4 is 5.32 Å². The molecule has 1 aromatic rings. The van der Waals surface area contributed by atoms with Crippen molar-refractivity contribution in [3.63, 3.8) is 0 Å². The smallest absolute Gasteiger partial charge is 0.254 e. The number of likely N-dealkylation sites (tertiary alicyclic amines) is 1. The van der Waals surface area contributed by atoms with Crippen LogP contribution in [0, 0.1) is 5.92 Å². The molecule has 0 unspecified atom stereocenters. The minimum absolute atomic E-state index is 0. The van der Waals surface area contributed by atoms with E-state index in [-0.39, 0.29) is 30.3 Å². The first-order chi connectivity index (χ1) is 10.9. The number of aromatic nitrogens is 1. The maximum absolute atomic E-state index is 11.9. The summed E-state index contributed by atoms with van der Waals surface area (Å²) in [7, 11) is 3.44. The highest BCUT2D eigenvalue weighted by molar-refractivity contribution is 5.93. The summed E-state index contributed by atoms with van der Waals surface area (Å²) in [5, 5.41) is 3.43. The third kappa shape index (κ3) is 4.84. The number of carbonyl (C=O) groups is 2. The molecule has 0 spiro atoms. The molecule has 2 amide bonds. The molecule has 1 aromatic heterocycles. The van der Waals surface area contributed by atoms with Gasteiger partial charge in [-0.05, 0) is 24.5 Å². The van der Waals surface area contributed by atoms with E-state index in [1.165, 1.54) is 4.90 Å². The summed E-state index contributed by atoms with van der Waals surface area (Å²) in [5.74, 6) is 1.25. The molecule has 134 valence electrons. The SMILES string of the molecule is CCC[C@H]1CN(C(C)=O)C[C@@H]1Nc1ccc(C(=O)N(C)C)cn1.Cl. The Bertz CT molecular complexity index is 562. The molecule has 0 aromatic carbocycles. The van der Waals surface area contributed by atoms with Crippen molar-refractivity contribution in [1.29, 1.82) is 0 Å². The average Bonchev–Trinajstić information content (AvgIpc) is 2.91. The van der Waals surface area contributed by atoms with Crippen molar-refractivity contribution in [2.24, 2.45) is 5.92 Å². The van der Waals surface area contributed by atoms with Gasteiger partial charge in [0.1, 0.15) is 5.82 Å². The fourth-order valence-corrected chi connectivity index (χ4v) is 3.01. The molecule has 2 heterocycles. The van der Waals surface area contributed by atoms with E-state index in [2.05, 4.69) is 17.2 Å². The van der Waals surface area contributed by atoms with Crippen LogP contribution in [0.5, 0.6) is 0 Å². The van der Waals surface area contributed by atoms with Gasteiger partial charge in [-0.1, -0.05) is 13.3 Å². The summed E-state index contributed by atoms with van der Waals surface area (Å²) in [5.41, 5.74) is 0.572. The van der Waals surface area contributed by atoms with E-state index < -0.39 is 0 Å². The van der Waals surface area contributed by atoms with Crippen molar-refractivity contribution in [2.45, 2.75) is 32.7 Å². The highest BCUT2D eigenvalue weighted by Gasteiger charge is 2.33. The van der Waals surface area contributed by atoms with E-state index in [0.29, 0.717) is 18.0 Å². The van der Waals surface area contributed by atoms with Gasteiger partial charge in [0.2, 0.25) is 5.91 Å². The van der Waals surface area contributed by atoms with Gasteiger partial charge in [0.15, 0.2) is 0 Å². The van der Waals surface area contributed by atoms with Crippen molar-refractivity contribution in [2.75, 3.05) is 32.5 Å². The summed E-state index contributed by atoms with van der Waals surface area (Å²) in [6.45, 7) is 5.29. The number of carbonyl (C=O) groups excluding carboxylic acids is 2. The van der Waals surface area contributed by atoms with E-state index in [1.807, 2.05) is 11.0 Å². The second-order valence-electron chi connectivity index (χ2n) is 6.36. The van der Waals surface area contributed by atoms with Crippen LogP contribution >= 0.6 is 12.4 Å². The van der Waals surface area contributed by atoms with Gasteiger partial charge in [-0.2, -0.15) is 0 Å². The Labute approximate surface area is 150 Å². The predicted molar refractivity (Wildman–Crippen MR) is 97.6 cm³/mol. The van der Waals surface area contributed by atoms with Crippen LogP contribution in [0.2, 0.25) is 0 Å². The van der Waals surface area contributed by atoms with Crippen LogP contribution in [-0.4, -0.2) is 59.8 Å². The number of nitrogens with one attached hydrogen (secondary N) is 1. The van der Waals surface area contributed by atoms with Crippen molar-refractivity contribution in [3.8, 4) is 0 Å². The lowest BCUT2D eigenvalue weighted by Gasteiger charge is -2.19. The predicted octanol–water partition coefficient (Wildman–Crippen LogP) is 2.26. The van der Waals surface area contributed by atoms with Crippen molar-refractivity contribution in [3.05, 3.63) is 23.9 Å². The van der Waals surface area contributed by atoms with E-state index in [1.54, 1.807) is 33.3 Å². The summed E-state index contributed by atoms with van der Waals surface area (Å²) in [4.78, 5) is 31.3. The summed E-state index contributed by atoms with van der Waals surface area (Å²) in [6, 6.07) is 3.82. The van der Waals surface area contributed by atoms with Gasteiger partial charge in [-0.15, -0.1) is 12.4 Å². The Morgan fingerprint density at radius 2 is 2.04 bits per heavy atom. The topological polar surface area (TPSA) is 65.5 Å². The van der Waals surface area contributed by atoms with Crippen LogP contribution in [0.4, 0.5) is 5.82 Å². The summed E-state index contributed by atoms with van der Waals surface area (Å²) in [6.07, 6.45) is 3.77. The van der Waals surface area contributed by atoms with E-state index in [9.17, 15) is 9.59 Å². The molecule has 1 N–H and O–H groups in total. The zero-order chi connectivity index (χ0) is 17.0. The monoisotopic (exact) mass is 354 g/mol. The van der Waals surface area contributed by atoms with Gasteiger partial charge < -0.3 is 15.1 Å². The van der Waals surface area contributed by atoms with Crippen molar-refractivity contribution in [1.82, 2.24) is 14.8 Å². The molecule has 2 rings (SSSR count). The zero-order valence-electron chi connectivity index (χ0n) is 14.8. The second-order valence-corrected chi connectivity index (χ2v) is 6.36. The molecular formula is C17H27ClN4O2. The molecule has 24 heavy (non-hydrogen) atoms. The Morgan fingerprint density at radius 3 is 2.54 bits per heavy atom. The number of nitrogens with zero attached hydrogens (tertiary/aromatic N) is 3. The van der Waals surface area contributed by atoms with Gasteiger partial charge in [-0.25, -0.2) is 4.98 Å². The molecule has 0 radical (unpaired) electrons. The largest absolute Gasteiger partial charge is 0.365 e. The van der Waals surface area contributed by atoms with Gasteiger partial charge in [0.05, 0.1) is 5.56 Å². The van der Waals surface area contributed by atoms with Gasteiger partial charge in [0.25, 0.3) is 5.91 Å². The third-order valence-electron chi connectivity index (χ3n) is 4.30. The minimum Gasteiger partial charge on any atom is -0.365 e. The third-order valence-corrected chi connectivity index (χ3v) is 4.30. The van der Waals surface area contributed by atoms with Crippen LogP contribution in [0.1, 0.15) is 37.0 Å². The van der Waals surface area contributed by atoms with E-state index in [4.69, 9.17) is 0 Å². The van der Waals surface area contributed by atoms with Gasteiger partial charge in [0, 0.05) is 46.3 Å². The highest BCUT2D eigenvalue weighted by Crippen LogP contribution is 2.24. The molecule has 1 saturated heterocycles. The standard InChI is InChI=1S/C17H26N4O2.ClH/c1-5-6-14-10-21(12(2)22)11-15(14)19-16-8-7-13(9-18-16)17(23)20(3)4;/h7-9,14-15H,5-6,10-11H2,1-4H3,(H,18,19);1H/t14-,15-;/m0./s1. The lowest BCUT2D eigenvalue weighted by atomic mass is 9.98. The van der Waals surface area contributed by atoms with Crippen molar-refractivity contribution < 1.29 is 9.59 Å². The molecule has 0 bridgehead atoms. The molecule has 1 fully saturated rings. The number of amides is 2. The second kappa shape index (κ2) is 8.87. The average molecular weight is 355 g/mol. The van der Waals surface area contributed by atoms with E-state index in [0.717, 1.165) is 25.2 Å². The Hall–Kier alpha value is -1.82. The van der Waals surface area contributed by atoms with Gasteiger partial charge in [-0.3, -0.25) is 9.59 Å². The van der Waals surface area contributed by atoms with Crippen molar-refractivity contribution >= 4 is 30.0 Å². The molecule has 2 atom stereocenters. The zero-order valence-corrected chi connectivity index (χ0v) is 15.6. The Balaban J connectivity index is 0.00000288. The molecule has 0 saturated carbocycles. The van der Waals surface area contributed by atoms with Crippen LogP contribution in [0.3, 0.4) is 0 Å². The van der Waals surface area contributed by atoms with Crippen LogP contribution in [-0.2, 0) is 4.79 Å². The number of rotatable bonds is 5. The molecule has 0 aliphatic carbocycles. The van der Waals surface area contributed by atoms with E-state index >= 15 is 0 Å². The Kier molecular flexibility index (Phi) is 7.48. The molecule has 7 heteroatoms.